The average Bonchev–Trinajstić information content (AvgIpc) is 3.83. The quantitative estimate of drug-likeness (QED) is 0.206. The minimum atomic E-state index is -2.81. The third kappa shape index (κ3) is 5.47. The molecular formula is C34H30F2N8O2. The van der Waals surface area contributed by atoms with E-state index in [1.54, 1.807) is 48.3 Å². The summed E-state index contributed by atoms with van der Waals surface area (Å²) < 4.78 is 37.9. The number of carbonyl (C=O) groups is 1. The van der Waals surface area contributed by atoms with E-state index in [9.17, 15) is 13.6 Å². The van der Waals surface area contributed by atoms with Crippen molar-refractivity contribution in [3.63, 3.8) is 0 Å². The van der Waals surface area contributed by atoms with Crippen molar-refractivity contribution < 1.29 is 18.3 Å². The zero-order valence-corrected chi connectivity index (χ0v) is 24.8. The van der Waals surface area contributed by atoms with Gasteiger partial charge in [0, 0.05) is 24.3 Å². The number of fused-ring (bicyclic) bond motifs is 2. The number of rotatable bonds is 9. The fraction of sp³-hybridized carbons (Fsp3) is 0.206. The van der Waals surface area contributed by atoms with Gasteiger partial charge in [0.25, 0.3) is 6.43 Å². The first kappa shape index (κ1) is 29.2. The van der Waals surface area contributed by atoms with Gasteiger partial charge in [-0.15, -0.1) is 0 Å². The van der Waals surface area contributed by atoms with Crippen LogP contribution in [0.5, 0.6) is 0 Å². The van der Waals surface area contributed by atoms with E-state index < -0.39 is 12.5 Å². The van der Waals surface area contributed by atoms with Crippen molar-refractivity contribution in [1.29, 1.82) is 0 Å². The Morgan fingerprint density at radius 1 is 1.07 bits per heavy atom. The number of hydrogen-bond donors (Lipinski definition) is 2. The number of alkyl halides is 2. The Kier molecular flexibility index (Phi) is 7.71. The molecule has 0 fully saturated rings. The van der Waals surface area contributed by atoms with Crippen LogP contribution in [0.4, 0.5) is 14.6 Å². The molecule has 2 aromatic carbocycles. The second-order valence-electron chi connectivity index (χ2n) is 11.1. The molecule has 3 N–H and O–H groups in total. The lowest BCUT2D eigenvalue weighted by Gasteiger charge is -2.19. The lowest BCUT2D eigenvalue weighted by atomic mass is 10.1. The number of aryl methyl sites for hydroxylation is 1. The first-order valence-electron chi connectivity index (χ1n) is 14.9. The molecule has 232 valence electrons. The summed E-state index contributed by atoms with van der Waals surface area (Å²) in [7, 11) is 0. The number of hydrogen-bond acceptors (Lipinski definition) is 7. The summed E-state index contributed by atoms with van der Waals surface area (Å²) in [4.78, 5) is 26.7. The number of ether oxygens (including phenoxy) is 1. The molecule has 1 amide bonds. The fourth-order valence-electron chi connectivity index (χ4n) is 5.83. The molecule has 0 saturated carbocycles. The maximum Gasteiger partial charge on any atom is 0.266 e. The van der Waals surface area contributed by atoms with Gasteiger partial charge in [0.2, 0.25) is 5.91 Å². The molecule has 0 bridgehead atoms. The number of amides is 1. The van der Waals surface area contributed by atoms with Gasteiger partial charge in [-0.05, 0) is 72.9 Å². The topological polar surface area (TPSA) is 126 Å². The Hall–Kier alpha value is -5.49. The zero-order valence-electron chi connectivity index (χ0n) is 24.8. The van der Waals surface area contributed by atoms with Gasteiger partial charge in [0.1, 0.15) is 17.4 Å². The third-order valence-corrected chi connectivity index (χ3v) is 8.18. The van der Waals surface area contributed by atoms with Crippen molar-refractivity contribution in [1.82, 2.24) is 34.6 Å². The molecule has 4 aromatic heterocycles. The highest BCUT2D eigenvalue weighted by Gasteiger charge is 2.29. The van der Waals surface area contributed by atoms with Crippen molar-refractivity contribution in [3.8, 4) is 22.9 Å². The molecule has 0 aliphatic heterocycles. The summed E-state index contributed by atoms with van der Waals surface area (Å²) in [5.74, 6) is 0.576. The fourth-order valence-corrected chi connectivity index (χ4v) is 5.83. The monoisotopic (exact) mass is 620 g/mol. The first-order chi connectivity index (χ1) is 22.4. The lowest BCUT2D eigenvalue weighted by molar-refractivity contribution is -0.133. The van der Waals surface area contributed by atoms with Crippen LogP contribution in [0.2, 0.25) is 0 Å². The van der Waals surface area contributed by atoms with Crippen molar-refractivity contribution in [2.45, 2.75) is 44.9 Å². The van der Waals surface area contributed by atoms with Crippen LogP contribution in [-0.2, 0) is 22.6 Å². The smallest absolute Gasteiger partial charge is 0.266 e. The highest BCUT2D eigenvalue weighted by molar-refractivity contribution is 5.86. The number of benzene rings is 2. The van der Waals surface area contributed by atoms with Crippen LogP contribution in [0.15, 0.2) is 91.4 Å². The summed E-state index contributed by atoms with van der Waals surface area (Å²) in [6, 6.07) is 21.8. The Morgan fingerprint density at radius 3 is 2.67 bits per heavy atom. The normalized spacial score (nSPS) is 14.9. The van der Waals surface area contributed by atoms with Crippen molar-refractivity contribution in [3.05, 3.63) is 114 Å². The molecular weight excluding hydrogens is 590 g/mol. The highest BCUT2D eigenvalue weighted by atomic mass is 19.3. The number of aromatic nitrogens is 6. The van der Waals surface area contributed by atoms with Crippen LogP contribution in [0.3, 0.4) is 0 Å². The van der Waals surface area contributed by atoms with Gasteiger partial charge in [0.05, 0.1) is 23.8 Å². The van der Waals surface area contributed by atoms with E-state index in [4.69, 9.17) is 15.5 Å². The number of carbonyl (C=O) groups excluding carboxylic acids is 1. The molecule has 12 heteroatoms. The number of halogens is 2. The average molecular weight is 621 g/mol. The number of pyridine rings is 2. The van der Waals surface area contributed by atoms with Gasteiger partial charge in [-0.1, -0.05) is 36.4 Å². The van der Waals surface area contributed by atoms with Gasteiger partial charge < -0.3 is 15.8 Å². The van der Waals surface area contributed by atoms with Gasteiger partial charge in [0.15, 0.2) is 17.3 Å². The number of anilines is 1. The Bertz CT molecular complexity index is 2030. The summed E-state index contributed by atoms with van der Waals surface area (Å²) in [5, 5.41) is 7.33. The molecule has 1 aliphatic carbocycles. The highest BCUT2D eigenvalue weighted by Crippen LogP contribution is 2.38. The number of nitrogens with two attached hydrogens (primary N) is 1. The number of nitrogens with zero attached hydrogens (tertiary/aromatic N) is 6. The maximum atomic E-state index is 14.5. The molecule has 0 spiro atoms. The van der Waals surface area contributed by atoms with E-state index in [0.29, 0.717) is 36.5 Å². The van der Waals surface area contributed by atoms with Crippen LogP contribution >= 0.6 is 0 Å². The first-order valence-corrected chi connectivity index (χ1v) is 14.9. The van der Waals surface area contributed by atoms with Crippen LogP contribution in [-0.4, -0.2) is 41.3 Å². The predicted molar refractivity (Wildman–Crippen MR) is 168 cm³/mol. The molecule has 6 aromatic rings. The van der Waals surface area contributed by atoms with E-state index in [2.05, 4.69) is 20.4 Å². The predicted octanol–water partition coefficient (Wildman–Crippen LogP) is 5.90. The Morgan fingerprint density at radius 2 is 1.91 bits per heavy atom. The molecule has 1 aliphatic rings. The molecule has 7 rings (SSSR count). The molecule has 1 unspecified atom stereocenters. The summed E-state index contributed by atoms with van der Waals surface area (Å²) in [6.07, 6.45) is 2.72. The summed E-state index contributed by atoms with van der Waals surface area (Å²) in [6.45, 7) is 2.08. The third-order valence-electron chi connectivity index (χ3n) is 8.18. The van der Waals surface area contributed by atoms with E-state index in [-0.39, 0.29) is 40.3 Å². The SMILES string of the molecule is CC(OCc1ccccc1)C(=O)N[C@H]1CCc2cc(-n3c(-c4cccnc4N)nc4c(C(F)F)cc(-n5cccn5)nc43)ccc21. The number of nitrogens with one attached hydrogen (secondary N) is 1. The van der Waals surface area contributed by atoms with E-state index >= 15 is 0 Å². The van der Waals surface area contributed by atoms with Gasteiger partial charge >= 0.3 is 0 Å². The summed E-state index contributed by atoms with van der Waals surface area (Å²) >= 11 is 0. The zero-order chi connectivity index (χ0) is 31.8. The van der Waals surface area contributed by atoms with Gasteiger partial charge in [-0.25, -0.2) is 28.4 Å². The van der Waals surface area contributed by atoms with Crippen molar-refractivity contribution in [2.75, 3.05) is 5.73 Å². The van der Waals surface area contributed by atoms with Crippen LogP contribution in [0, 0.1) is 0 Å². The lowest BCUT2D eigenvalue weighted by Crippen LogP contribution is -2.36. The molecule has 4 heterocycles. The minimum absolute atomic E-state index is 0.0549. The second-order valence-corrected chi connectivity index (χ2v) is 11.1. The maximum absolute atomic E-state index is 14.5. The number of nitrogen functional groups attached to an aromatic ring is 1. The number of imidazole rings is 1. The minimum Gasteiger partial charge on any atom is -0.383 e. The molecule has 10 nitrogen and oxygen atoms in total. The molecule has 46 heavy (non-hydrogen) atoms. The van der Waals surface area contributed by atoms with Gasteiger partial charge in [-0.2, -0.15) is 5.10 Å². The van der Waals surface area contributed by atoms with E-state index in [1.165, 1.54) is 10.7 Å². The van der Waals surface area contributed by atoms with E-state index in [1.807, 2.05) is 48.5 Å². The molecule has 0 saturated heterocycles. The van der Waals surface area contributed by atoms with Crippen LogP contribution in [0.25, 0.3) is 34.1 Å². The van der Waals surface area contributed by atoms with Gasteiger partial charge in [-0.3, -0.25) is 9.36 Å². The van der Waals surface area contributed by atoms with E-state index in [0.717, 1.165) is 16.7 Å². The molecule has 0 radical (unpaired) electrons. The van der Waals surface area contributed by atoms with Crippen molar-refractivity contribution >= 4 is 22.9 Å². The molecule has 2 atom stereocenters. The summed E-state index contributed by atoms with van der Waals surface area (Å²) in [5.41, 5.74) is 10.4. The van der Waals surface area contributed by atoms with Crippen molar-refractivity contribution in [2.24, 2.45) is 0 Å². The van der Waals surface area contributed by atoms with Crippen LogP contribution < -0.4 is 11.1 Å². The largest absolute Gasteiger partial charge is 0.383 e. The van der Waals surface area contributed by atoms with Crippen LogP contribution in [0.1, 0.15) is 48.1 Å². The second kappa shape index (κ2) is 12.1. The standard InChI is InChI=1S/C34H30F2N8O2/c1-20(46-19-21-7-3-2-4-8-21)34(45)40-27-13-10-22-17-23(11-12-24(22)27)44-32(25-9-5-14-38-31(25)37)42-29-26(30(35)36)18-28(41-33(29)44)43-16-6-15-39-43/h2-9,11-12,14-18,20,27,30H,10,13,19H2,1H3,(H2,37,38)(H,40,45)/t20?,27-/m0/s1. The Labute approximate surface area is 262 Å². The Balaban J connectivity index is 1.25.